The predicted octanol–water partition coefficient (Wildman–Crippen LogP) is 0.840. The first kappa shape index (κ1) is 17.1. The quantitative estimate of drug-likeness (QED) is 0.540. The fourth-order valence-electron chi connectivity index (χ4n) is 2.63. The van der Waals surface area contributed by atoms with E-state index in [0.717, 1.165) is 25.9 Å². The molecule has 1 fully saturated rings. The molecule has 1 aliphatic heterocycles. The number of carbonyl (C=O) groups excluding carboxylic acids is 1. The number of carboxylic acid groups (broad SMARTS) is 1. The van der Waals surface area contributed by atoms with Gasteiger partial charge in [0.25, 0.3) is 5.56 Å². The Morgan fingerprint density at radius 3 is 2.72 bits per heavy atom. The zero-order chi connectivity index (χ0) is 18.0. The molecule has 2 aromatic rings. The molecule has 0 spiro atoms. The van der Waals surface area contributed by atoms with Crippen molar-refractivity contribution in [2.75, 3.05) is 18.4 Å². The third kappa shape index (κ3) is 3.54. The number of nitrogens with zero attached hydrogens (tertiary/aromatic N) is 1. The van der Waals surface area contributed by atoms with Gasteiger partial charge in [-0.15, -0.1) is 11.3 Å². The number of carboxylic acids is 1. The lowest BCUT2D eigenvalue weighted by Gasteiger charge is -2.21. The Labute approximate surface area is 145 Å². The molecule has 1 aliphatic rings. The number of anilines is 1. The highest BCUT2D eigenvalue weighted by Gasteiger charge is 2.24. The van der Waals surface area contributed by atoms with Crippen LogP contribution in [0.15, 0.2) is 16.2 Å². The normalized spacial score (nSPS) is 15.0. The van der Waals surface area contributed by atoms with E-state index in [9.17, 15) is 19.5 Å². The summed E-state index contributed by atoms with van der Waals surface area (Å²) < 4.78 is 0. The highest BCUT2D eigenvalue weighted by atomic mass is 32.1. The first-order valence-corrected chi connectivity index (χ1v) is 8.51. The van der Waals surface area contributed by atoms with Gasteiger partial charge in [0.05, 0.1) is 10.6 Å². The van der Waals surface area contributed by atoms with Crippen molar-refractivity contribution in [2.24, 2.45) is 5.92 Å². The number of carbonyl (C=O) groups is 2. The number of aromatic amines is 1. The lowest BCUT2D eigenvalue weighted by atomic mass is 9.97. The van der Waals surface area contributed by atoms with Crippen molar-refractivity contribution in [3.63, 3.8) is 0 Å². The number of hydrogen-bond acceptors (Lipinski definition) is 7. The van der Waals surface area contributed by atoms with Gasteiger partial charge in [0.15, 0.2) is 11.5 Å². The van der Waals surface area contributed by atoms with Crippen LogP contribution < -0.4 is 16.2 Å². The van der Waals surface area contributed by atoms with E-state index < -0.39 is 23.0 Å². The molecule has 1 amide bonds. The second-order valence-corrected chi connectivity index (χ2v) is 6.51. The second kappa shape index (κ2) is 7.03. The molecule has 3 heterocycles. The number of rotatable bonds is 4. The molecule has 0 aromatic carbocycles. The topological polar surface area (TPSA) is 144 Å². The van der Waals surface area contributed by atoms with Gasteiger partial charge in [-0.05, 0) is 37.4 Å². The number of H-pyrrole nitrogens is 1. The maximum atomic E-state index is 12.4. The zero-order valence-corrected chi connectivity index (χ0v) is 13.9. The monoisotopic (exact) mass is 364 g/mol. The molecule has 0 aliphatic carbocycles. The SMILES string of the molecule is O=C(O)c1nc(-c2sccc2NC(=O)C2CCNCC2)[nH]c(=O)c1O. The second-order valence-electron chi connectivity index (χ2n) is 5.59. The molecule has 5 N–H and O–H groups in total. The summed E-state index contributed by atoms with van der Waals surface area (Å²) in [6, 6.07) is 1.66. The summed E-state index contributed by atoms with van der Waals surface area (Å²) in [5.41, 5.74) is -1.24. The smallest absolute Gasteiger partial charge is 0.358 e. The Bertz CT molecular complexity index is 869. The highest BCUT2D eigenvalue weighted by Crippen LogP contribution is 2.32. The molecule has 0 atom stereocenters. The van der Waals surface area contributed by atoms with Gasteiger partial charge >= 0.3 is 5.97 Å². The van der Waals surface area contributed by atoms with Crippen molar-refractivity contribution in [1.29, 1.82) is 0 Å². The van der Waals surface area contributed by atoms with Gasteiger partial charge in [-0.3, -0.25) is 9.59 Å². The Hall–Kier alpha value is -2.72. The van der Waals surface area contributed by atoms with Gasteiger partial charge < -0.3 is 25.8 Å². The maximum Gasteiger partial charge on any atom is 0.358 e. The molecule has 0 unspecified atom stereocenters. The van der Waals surface area contributed by atoms with Crippen molar-refractivity contribution >= 4 is 28.9 Å². The largest absolute Gasteiger partial charge is 0.501 e. The Kier molecular flexibility index (Phi) is 4.81. The summed E-state index contributed by atoms with van der Waals surface area (Å²) in [5.74, 6) is -2.71. The van der Waals surface area contributed by atoms with E-state index >= 15 is 0 Å². The van der Waals surface area contributed by atoms with Gasteiger partial charge in [0.1, 0.15) is 0 Å². The first-order chi connectivity index (χ1) is 12.0. The number of hydrogen-bond donors (Lipinski definition) is 5. The lowest BCUT2D eigenvalue weighted by Crippen LogP contribution is -2.34. The summed E-state index contributed by atoms with van der Waals surface area (Å²) in [4.78, 5) is 41.8. The molecular formula is C15H16N4O5S. The fraction of sp³-hybridized carbons (Fsp3) is 0.333. The molecule has 10 heteroatoms. The van der Waals surface area contributed by atoms with Crippen LogP contribution in [-0.2, 0) is 4.79 Å². The zero-order valence-electron chi connectivity index (χ0n) is 13.0. The van der Waals surface area contributed by atoms with Crippen LogP contribution in [0, 0.1) is 5.92 Å². The van der Waals surface area contributed by atoms with E-state index in [-0.39, 0.29) is 17.6 Å². The number of amides is 1. The minimum absolute atomic E-state index is 0.0178. The van der Waals surface area contributed by atoms with Crippen LogP contribution in [0.5, 0.6) is 5.75 Å². The van der Waals surface area contributed by atoms with E-state index in [2.05, 4.69) is 20.6 Å². The van der Waals surface area contributed by atoms with Gasteiger partial charge in [0, 0.05) is 5.92 Å². The van der Waals surface area contributed by atoms with Crippen LogP contribution in [-0.4, -0.2) is 45.1 Å². The average Bonchev–Trinajstić information content (AvgIpc) is 3.05. The van der Waals surface area contributed by atoms with Gasteiger partial charge in [0.2, 0.25) is 11.7 Å². The van der Waals surface area contributed by atoms with E-state index in [4.69, 9.17) is 5.11 Å². The Morgan fingerprint density at radius 1 is 1.32 bits per heavy atom. The van der Waals surface area contributed by atoms with Crippen molar-refractivity contribution in [3.8, 4) is 16.5 Å². The van der Waals surface area contributed by atoms with Crippen molar-refractivity contribution in [2.45, 2.75) is 12.8 Å². The molecule has 1 saturated heterocycles. The maximum absolute atomic E-state index is 12.4. The lowest BCUT2D eigenvalue weighted by molar-refractivity contribution is -0.120. The molecule has 25 heavy (non-hydrogen) atoms. The summed E-state index contributed by atoms with van der Waals surface area (Å²) in [5, 5.41) is 26.3. The predicted molar refractivity (Wildman–Crippen MR) is 91.0 cm³/mol. The van der Waals surface area contributed by atoms with Gasteiger partial charge in [-0.2, -0.15) is 0 Å². The standard InChI is InChI=1S/C15H16N4O5S/c20-10-9(15(23)24)18-12(19-14(10)22)11-8(3-6-25-11)17-13(21)7-1-4-16-5-2-7/h3,6-7,16,20H,1-2,4-5H2,(H,17,21)(H,23,24)(H,18,19,22). The van der Waals surface area contributed by atoms with E-state index in [0.29, 0.717) is 10.6 Å². The summed E-state index contributed by atoms with van der Waals surface area (Å²) in [6.45, 7) is 1.56. The third-order valence-electron chi connectivity index (χ3n) is 3.95. The summed E-state index contributed by atoms with van der Waals surface area (Å²) in [7, 11) is 0. The van der Waals surface area contributed by atoms with Gasteiger partial charge in [-0.25, -0.2) is 9.78 Å². The molecule has 0 saturated carbocycles. The van der Waals surface area contributed by atoms with E-state index in [1.165, 1.54) is 11.3 Å². The van der Waals surface area contributed by atoms with E-state index in [1.807, 2.05) is 0 Å². The fourth-order valence-corrected chi connectivity index (χ4v) is 3.43. The minimum atomic E-state index is -1.51. The van der Waals surface area contributed by atoms with Crippen molar-refractivity contribution in [1.82, 2.24) is 15.3 Å². The molecule has 132 valence electrons. The highest BCUT2D eigenvalue weighted by molar-refractivity contribution is 7.14. The third-order valence-corrected chi connectivity index (χ3v) is 4.87. The first-order valence-electron chi connectivity index (χ1n) is 7.63. The number of piperidine rings is 1. The van der Waals surface area contributed by atoms with E-state index in [1.54, 1.807) is 11.4 Å². The van der Waals surface area contributed by atoms with Crippen LogP contribution >= 0.6 is 11.3 Å². The molecule has 2 aromatic heterocycles. The number of aromatic hydroxyl groups is 1. The molecule has 0 bridgehead atoms. The molecule has 9 nitrogen and oxygen atoms in total. The van der Waals surface area contributed by atoms with Gasteiger partial charge in [-0.1, -0.05) is 0 Å². The average molecular weight is 364 g/mol. The number of thiophene rings is 1. The van der Waals surface area contributed by atoms with Crippen LogP contribution in [0.25, 0.3) is 10.7 Å². The summed E-state index contributed by atoms with van der Waals surface area (Å²) >= 11 is 1.19. The minimum Gasteiger partial charge on any atom is -0.501 e. The van der Waals surface area contributed by atoms with Crippen LogP contribution in [0.4, 0.5) is 5.69 Å². The number of nitrogens with one attached hydrogen (secondary N) is 3. The number of aromatic carboxylic acids is 1. The summed E-state index contributed by atoms with van der Waals surface area (Å²) in [6.07, 6.45) is 1.48. The molecule has 0 radical (unpaired) electrons. The molecule has 3 rings (SSSR count). The Morgan fingerprint density at radius 2 is 2.04 bits per heavy atom. The van der Waals surface area contributed by atoms with Crippen LogP contribution in [0.2, 0.25) is 0 Å². The van der Waals surface area contributed by atoms with Crippen molar-refractivity contribution < 1.29 is 19.8 Å². The number of aromatic nitrogens is 2. The van der Waals surface area contributed by atoms with Crippen LogP contribution in [0.3, 0.4) is 0 Å². The van der Waals surface area contributed by atoms with Crippen LogP contribution in [0.1, 0.15) is 23.3 Å². The Balaban J connectivity index is 1.90. The van der Waals surface area contributed by atoms with Crippen molar-refractivity contribution in [3.05, 3.63) is 27.5 Å². The molecular weight excluding hydrogens is 348 g/mol.